The van der Waals surface area contributed by atoms with Gasteiger partial charge in [0.1, 0.15) is 6.61 Å². The van der Waals surface area contributed by atoms with E-state index in [1.54, 1.807) is 0 Å². The summed E-state index contributed by atoms with van der Waals surface area (Å²) in [6.45, 7) is 0.557. The number of aromatic hydroxyl groups is 2. The van der Waals surface area contributed by atoms with Crippen LogP contribution in [0.1, 0.15) is 35.4 Å². The van der Waals surface area contributed by atoms with E-state index >= 15 is 0 Å². The number of fused-ring (bicyclic) bond motifs is 3. The SMILES string of the molecule is COc1ccc(C=CC(=O)O)c(O)c1O.O=C(O)CCCNC(=O)OCC1c2ccccc2-c2ccccc21. The van der Waals surface area contributed by atoms with E-state index in [-0.39, 0.29) is 30.3 Å². The predicted molar refractivity (Wildman–Crippen MR) is 143 cm³/mol. The molecular weight excluding hydrogens is 506 g/mol. The first-order valence-corrected chi connectivity index (χ1v) is 12.0. The maximum absolute atomic E-state index is 11.8. The molecule has 0 aromatic heterocycles. The average molecular weight is 536 g/mol. The van der Waals surface area contributed by atoms with Crippen molar-refractivity contribution in [1.82, 2.24) is 5.32 Å². The van der Waals surface area contributed by atoms with Gasteiger partial charge < -0.3 is 35.2 Å². The highest BCUT2D eigenvalue weighted by Gasteiger charge is 2.28. The smallest absolute Gasteiger partial charge is 0.407 e. The van der Waals surface area contributed by atoms with Crippen molar-refractivity contribution >= 4 is 24.1 Å². The Balaban J connectivity index is 0.000000242. The molecule has 0 unspecified atom stereocenters. The Labute approximate surface area is 224 Å². The second-order valence-electron chi connectivity index (χ2n) is 8.48. The third-order valence-electron chi connectivity index (χ3n) is 5.95. The molecule has 0 fully saturated rings. The van der Waals surface area contributed by atoms with E-state index in [4.69, 9.17) is 19.7 Å². The monoisotopic (exact) mass is 535 g/mol. The number of alkyl carbamates (subject to hydrolysis) is 1. The molecule has 204 valence electrons. The summed E-state index contributed by atoms with van der Waals surface area (Å²) in [5, 5.41) is 38.4. The van der Waals surface area contributed by atoms with Crippen LogP contribution in [0.15, 0.2) is 66.7 Å². The number of amides is 1. The minimum Gasteiger partial charge on any atom is -0.504 e. The van der Waals surface area contributed by atoms with Crippen LogP contribution in [0.2, 0.25) is 0 Å². The molecule has 0 aliphatic heterocycles. The number of phenols is 2. The first kappa shape index (κ1) is 28.6. The fraction of sp³-hybridized carbons (Fsp3) is 0.207. The van der Waals surface area contributed by atoms with Crippen LogP contribution in [-0.4, -0.2) is 58.7 Å². The zero-order valence-electron chi connectivity index (χ0n) is 21.2. The molecule has 0 heterocycles. The summed E-state index contributed by atoms with van der Waals surface area (Å²) in [6.07, 6.45) is 1.95. The van der Waals surface area contributed by atoms with Crippen molar-refractivity contribution in [3.8, 4) is 28.4 Å². The molecule has 10 heteroatoms. The molecule has 1 amide bonds. The van der Waals surface area contributed by atoms with Crippen molar-refractivity contribution in [2.24, 2.45) is 0 Å². The summed E-state index contributed by atoms with van der Waals surface area (Å²) in [6, 6.07) is 19.2. The molecule has 0 saturated carbocycles. The van der Waals surface area contributed by atoms with Crippen molar-refractivity contribution < 1.29 is 44.3 Å². The summed E-state index contributed by atoms with van der Waals surface area (Å²) in [5.74, 6) is -2.67. The second kappa shape index (κ2) is 13.5. The zero-order valence-corrected chi connectivity index (χ0v) is 21.2. The van der Waals surface area contributed by atoms with Gasteiger partial charge in [0.2, 0.25) is 5.75 Å². The molecule has 4 rings (SSSR count). The Morgan fingerprint density at radius 1 is 0.897 bits per heavy atom. The summed E-state index contributed by atoms with van der Waals surface area (Å²) in [7, 11) is 1.35. The first-order chi connectivity index (χ1) is 18.7. The van der Waals surface area contributed by atoms with Crippen LogP contribution in [-0.2, 0) is 14.3 Å². The number of carbonyl (C=O) groups excluding carboxylic acids is 1. The molecule has 10 nitrogen and oxygen atoms in total. The van der Waals surface area contributed by atoms with Gasteiger partial charge in [-0.25, -0.2) is 9.59 Å². The van der Waals surface area contributed by atoms with Gasteiger partial charge in [-0.3, -0.25) is 4.79 Å². The van der Waals surface area contributed by atoms with Crippen LogP contribution < -0.4 is 10.1 Å². The maximum atomic E-state index is 11.8. The van der Waals surface area contributed by atoms with Crippen molar-refractivity contribution in [3.05, 3.63) is 83.4 Å². The lowest BCUT2D eigenvalue weighted by atomic mass is 9.98. The highest BCUT2D eigenvalue weighted by Crippen LogP contribution is 2.44. The van der Waals surface area contributed by atoms with Crippen LogP contribution in [0.5, 0.6) is 17.2 Å². The van der Waals surface area contributed by atoms with Crippen molar-refractivity contribution in [2.45, 2.75) is 18.8 Å². The molecule has 0 bridgehead atoms. The van der Waals surface area contributed by atoms with Gasteiger partial charge in [-0.15, -0.1) is 0 Å². The van der Waals surface area contributed by atoms with Gasteiger partial charge in [-0.05, 0) is 46.9 Å². The lowest BCUT2D eigenvalue weighted by Gasteiger charge is -2.14. The molecule has 1 aliphatic rings. The Kier molecular flexibility index (Phi) is 9.91. The number of aliphatic carboxylic acids is 2. The quantitative estimate of drug-likeness (QED) is 0.150. The Hall–Kier alpha value is -4.99. The highest BCUT2D eigenvalue weighted by molar-refractivity contribution is 5.86. The van der Waals surface area contributed by atoms with E-state index in [1.807, 2.05) is 24.3 Å². The molecule has 3 aromatic rings. The van der Waals surface area contributed by atoms with E-state index in [0.717, 1.165) is 17.2 Å². The predicted octanol–water partition coefficient (Wildman–Crippen LogP) is 4.59. The lowest BCUT2D eigenvalue weighted by molar-refractivity contribution is -0.137. The molecule has 39 heavy (non-hydrogen) atoms. The van der Waals surface area contributed by atoms with Crippen LogP contribution in [0.3, 0.4) is 0 Å². The topological polar surface area (TPSA) is 163 Å². The van der Waals surface area contributed by atoms with Gasteiger partial charge >= 0.3 is 18.0 Å². The molecule has 0 saturated heterocycles. The van der Waals surface area contributed by atoms with Crippen molar-refractivity contribution in [3.63, 3.8) is 0 Å². The van der Waals surface area contributed by atoms with Gasteiger partial charge in [-0.2, -0.15) is 0 Å². The molecular formula is C29H29NO9. The minimum absolute atomic E-state index is 0.0298. The van der Waals surface area contributed by atoms with Gasteiger partial charge in [0.15, 0.2) is 11.5 Å². The van der Waals surface area contributed by atoms with Gasteiger partial charge in [0.25, 0.3) is 0 Å². The van der Waals surface area contributed by atoms with E-state index in [9.17, 15) is 24.6 Å². The summed E-state index contributed by atoms with van der Waals surface area (Å²) < 4.78 is 10.1. The Morgan fingerprint density at radius 2 is 1.51 bits per heavy atom. The number of ether oxygens (including phenoxy) is 2. The molecule has 0 radical (unpaired) electrons. The van der Waals surface area contributed by atoms with E-state index < -0.39 is 29.5 Å². The van der Waals surface area contributed by atoms with E-state index in [1.165, 1.54) is 36.4 Å². The van der Waals surface area contributed by atoms with Crippen molar-refractivity contribution in [1.29, 1.82) is 0 Å². The molecule has 0 atom stereocenters. The number of carboxylic acid groups (broad SMARTS) is 2. The maximum Gasteiger partial charge on any atom is 0.407 e. The largest absolute Gasteiger partial charge is 0.504 e. The molecule has 5 N–H and O–H groups in total. The Morgan fingerprint density at radius 3 is 2.08 bits per heavy atom. The van der Waals surface area contributed by atoms with Crippen LogP contribution in [0, 0.1) is 0 Å². The number of benzene rings is 3. The molecule has 1 aliphatic carbocycles. The number of nitrogens with one attached hydrogen (secondary N) is 1. The molecule has 3 aromatic carbocycles. The molecule has 0 spiro atoms. The second-order valence-corrected chi connectivity index (χ2v) is 8.48. The van der Waals surface area contributed by atoms with Crippen LogP contribution in [0.4, 0.5) is 4.79 Å². The standard InChI is InChI=1S/C19H19NO4.C10H10O5/c21-18(22)10-5-11-20-19(23)24-12-17-15-8-3-1-6-13(15)14-7-2-4-9-16(14)17;1-15-7-4-2-6(3-5-8(11)12)9(13)10(7)14/h1-4,6-9,17H,5,10-12H2,(H,20,23)(H,21,22);2-5,13-14H,1H3,(H,11,12). The number of rotatable bonds is 9. The average Bonchev–Trinajstić information content (AvgIpc) is 3.24. The summed E-state index contributed by atoms with van der Waals surface area (Å²) >= 11 is 0. The lowest BCUT2D eigenvalue weighted by Crippen LogP contribution is -2.27. The zero-order chi connectivity index (χ0) is 28.4. The number of hydrogen-bond donors (Lipinski definition) is 5. The van der Waals surface area contributed by atoms with E-state index in [0.29, 0.717) is 13.0 Å². The third kappa shape index (κ3) is 7.51. The van der Waals surface area contributed by atoms with Crippen molar-refractivity contribution in [2.75, 3.05) is 20.3 Å². The number of hydrogen-bond acceptors (Lipinski definition) is 7. The van der Waals surface area contributed by atoms with Crippen LogP contribution in [0.25, 0.3) is 17.2 Å². The third-order valence-corrected chi connectivity index (χ3v) is 5.95. The van der Waals surface area contributed by atoms with Gasteiger partial charge in [-0.1, -0.05) is 48.5 Å². The Bertz CT molecular complexity index is 1320. The fourth-order valence-corrected chi connectivity index (χ4v) is 4.12. The van der Waals surface area contributed by atoms with Gasteiger partial charge in [0.05, 0.1) is 7.11 Å². The minimum atomic E-state index is -1.13. The normalized spacial score (nSPS) is 11.6. The number of carboxylic acids is 2. The summed E-state index contributed by atoms with van der Waals surface area (Å²) in [5.41, 5.74) is 4.90. The summed E-state index contributed by atoms with van der Waals surface area (Å²) in [4.78, 5) is 32.5. The van der Waals surface area contributed by atoms with Crippen LogP contribution >= 0.6 is 0 Å². The number of methoxy groups -OCH3 is 1. The first-order valence-electron chi connectivity index (χ1n) is 12.0. The number of carbonyl (C=O) groups is 3. The number of phenolic OH excluding ortho intramolecular Hbond substituents is 2. The van der Waals surface area contributed by atoms with E-state index in [2.05, 4.69) is 29.6 Å². The highest BCUT2D eigenvalue weighted by atomic mass is 16.5. The fourth-order valence-electron chi connectivity index (χ4n) is 4.12. The van der Waals surface area contributed by atoms with Gasteiger partial charge in [0, 0.05) is 30.5 Å².